The minimum absolute atomic E-state index is 0.0249. The van der Waals surface area contributed by atoms with E-state index in [0.717, 1.165) is 13.1 Å². The van der Waals surface area contributed by atoms with E-state index >= 15 is 0 Å². The molecule has 0 unspecified atom stereocenters. The Labute approximate surface area is 102 Å². The van der Waals surface area contributed by atoms with Gasteiger partial charge < -0.3 is 15.4 Å². The summed E-state index contributed by atoms with van der Waals surface area (Å²) in [5, 5.41) is 5.70. The normalized spacial score (nSPS) is 18.5. The van der Waals surface area contributed by atoms with Crippen LogP contribution in [-0.4, -0.2) is 58.2 Å². The van der Waals surface area contributed by atoms with Crippen LogP contribution in [0.3, 0.4) is 0 Å². The number of carbonyl (C=O) groups excluding carboxylic acids is 1. The highest BCUT2D eigenvalue weighted by Crippen LogP contribution is 2.14. The number of sulfone groups is 1. The van der Waals surface area contributed by atoms with E-state index in [1.54, 1.807) is 0 Å². The second kappa shape index (κ2) is 5.79. The third-order valence-electron chi connectivity index (χ3n) is 2.56. The van der Waals surface area contributed by atoms with E-state index in [-0.39, 0.29) is 23.9 Å². The van der Waals surface area contributed by atoms with E-state index in [0.29, 0.717) is 13.0 Å². The molecule has 1 fully saturated rings. The Balaban J connectivity index is 2.05. The topological polar surface area (TPSA) is 84.5 Å². The van der Waals surface area contributed by atoms with Crippen LogP contribution in [0.2, 0.25) is 0 Å². The van der Waals surface area contributed by atoms with Crippen LogP contribution in [-0.2, 0) is 19.4 Å². The van der Waals surface area contributed by atoms with Gasteiger partial charge in [0.05, 0.1) is 11.4 Å². The highest BCUT2D eigenvalue weighted by molar-refractivity contribution is 7.90. The molecule has 0 radical (unpaired) electrons. The summed E-state index contributed by atoms with van der Waals surface area (Å²) in [5.41, 5.74) is -0.232. The lowest BCUT2D eigenvalue weighted by Crippen LogP contribution is -2.59. The smallest absolute Gasteiger partial charge is 0.246 e. The van der Waals surface area contributed by atoms with Crippen molar-refractivity contribution in [1.29, 1.82) is 0 Å². The van der Waals surface area contributed by atoms with E-state index in [4.69, 9.17) is 4.74 Å². The van der Waals surface area contributed by atoms with Crippen molar-refractivity contribution in [2.75, 3.05) is 38.2 Å². The number of ether oxygens (including phenoxy) is 1. The first kappa shape index (κ1) is 14.4. The molecule has 0 aromatic rings. The number of hydrogen-bond donors (Lipinski definition) is 2. The average molecular weight is 264 g/mol. The molecule has 0 spiro atoms. The Bertz CT molecular complexity index is 363. The quantitative estimate of drug-likeness (QED) is 0.571. The van der Waals surface area contributed by atoms with Crippen LogP contribution >= 0.6 is 0 Å². The molecule has 6 nitrogen and oxygen atoms in total. The SMILES string of the molecule is CC1(OCC(=O)NCCCS(C)(=O)=O)CNC1. The Morgan fingerprint density at radius 3 is 2.59 bits per heavy atom. The fourth-order valence-corrected chi connectivity index (χ4v) is 2.10. The molecule has 100 valence electrons. The van der Waals surface area contributed by atoms with E-state index < -0.39 is 9.84 Å². The Hall–Kier alpha value is -0.660. The van der Waals surface area contributed by atoms with Gasteiger partial charge in [0.1, 0.15) is 16.4 Å². The zero-order chi connectivity index (χ0) is 12.9. The third-order valence-corrected chi connectivity index (χ3v) is 3.59. The van der Waals surface area contributed by atoms with Crippen molar-refractivity contribution in [3.05, 3.63) is 0 Å². The molecule has 0 bridgehead atoms. The van der Waals surface area contributed by atoms with Crippen molar-refractivity contribution in [3.63, 3.8) is 0 Å². The maximum absolute atomic E-state index is 11.3. The zero-order valence-electron chi connectivity index (χ0n) is 10.3. The summed E-state index contributed by atoms with van der Waals surface area (Å²) in [7, 11) is -2.94. The summed E-state index contributed by atoms with van der Waals surface area (Å²) in [4.78, 5) is 11.3. The second-order valence-electron chi connectivity index (χ2n) is 4.68. The second-order valence-corrected chi connectivity index (χ2v) is 6.94. The Morgan fingerprint density at radius 1 is 1.47 bits per heavy atom. The molecular formula is C10H20N2O4S. The van der Waals surface area contributed by atoms with E-state index in [2.05, 4.69) is 10.6 Å². The molecule has 1 rings (SSSR count). The van der Waals surface area contributed by atoms with Gasteiger partial charge in [-0.05, 0) is 13.3 Å². The summed E-state index contributed by atoms with van der Waals surface area (Å²) in [6.07, 6.45) is 1.62. The van der Waals surface area contributed by atoms with Crippen LogP contribution < -0.4 is 10.6 Å². The van der Waals surface area contributed by atoms with Gasteiger partial charge in [-0.2, -0.15) is 0 Å². The van der Waals surface area contributed by atoms with Crippen LogP contribution in [0.25, 0.3) is 0 Å². The van der Waals surface area contributed by atoms with Crippen molar-refractivity contribution in [1.82, 2.24) is 10.6 Å². The molecule has 0 aromatic heterocycles. The summed E-state index contributed by atoms with van der Waals surface area (Å²) >= 11 is 0. The summed E-state index contributed by atoms with van der Waals surface area (Å²) < 4.78 is 27.1. The molecule has 0 aliphatic carbocycles. The fraction of sp³-hybridized carbons (Fsp3) is 0.900. The molecule has 1 aliphatic rings. The van der Waals surface area contributed by atoms with Crippen molar-refractivity contribution in [2.45, 2.75) is 18.9 Å². The highest BCUT2D eigenvalue weighted by Gasteiger charge is 2.32. The van der Waals surface area contributed by atoms with Gasteiger partial charge in [0.2, 0.25) is 5.91 Å². The lowest BCUT2D eigenvalue weighted by molar-refractivity contribution is -0.135. The molecule has 0 saturated carbocycles. The van der Waals surface area contributed by atoms with Gasteiger partial charge in [-0.15, -0.1) is 0 Å². The lowest BCUT2D eigenvalue weighted by atomic mass is 10.0. The van der Waals surface area contributed by atoms with E-state index in [1.807, 2.05) is 6.92 Å². The van der Waals surface area contributed by atoms with Gasteiger partial charge in [0.15, 0.2) is 0 Å². The Morgan fingerprint density at radius 2 is 2.12 bits per heavy atom. The van der Waals surface area contributed by atoms with Gasteiger partial charge in [-0.1, -0.05) is 0 Å². The third kappa shape index (κ3) is 5.99. The van der Waals surface area contributed by atoms with Crippen LogP contribution in [0, 0.1) is 0 Å². The van der Waals surface area contributed by atoms with Gasteiger partial charge in [0.25, 0.3) is 0 Å². The zero-order valence-corrected chi connectivity index (χ0v) is 11.1. The molecule has 2 N–H and O–H groups in total. The van der Waals surface area contributed by atoms with E-state index in [9.17, 15) is 13.2 Å². The summed E-state index contributed by atoms with van der Waals surface area (Å²) in [5.74, 6) is -0.109. The molecule has 1 aliphatic heterocycles. The first-order valence-electron chi connectivity index (χ1n) is 5.60. The van der Waals surface area contributed by atoms with Gasteiger partial charge in [-0.3, -0.25) is 4.79 Å². The molecule has 0 aromatic carbocycles. The van der Waals surface area contributed by atoms with Crippen molar-refractivity contribution in [3.8, 4) is 0 Å². The minimum Gasteiger partial charge on any atom is -0.363 e. The number of amides is 1. The van der Waals surface area contributed by atoms with Crippen LogP contribution in [0.4, 0.5) is 0 Å². The number of hydrogen-bond acceptors (Lipinski definition) is 5. The van der Waals surface area contributed by atoms with Gasteiger partial charge in [-0.25, -0.2) is 8.42 Å². The maximum Gasteiger partial charge on any atom is 0.246 e. The molecule has 1 saturated heterocycles. The molecule has 17 heavy (non-hydrogen) atoms. The van der Waals surface area contributed by atoms with Gasteiger partial charge in [0, 0.05) is 25.9 Å². The molecule has 1 amide bonds. The van der Waals surface area contributed by atoms with Crippen LogP contribution in [0.1, 0.15) is 13.3 Å². The summed E-state index contributed by atoms with van der Waals surface area (Å²) in [6, 6.07) is 0. The largest absolute Gasteiger partial charge is 0.363 e. The maximum atomic E-state index is 11.3. The summed E-state index contributed by atoms with van der Waals surface area (Å²) in [6.45, 7) is 3.85. The predicted molar refractivity (Wildman–Crippen MR) is 64.6 cm³/mol. The standard InChI is InChI=1S/C10H20N2O4S/c1-10(7-11-8-10)16-6-9(13)12-4-3-5-17(2,14)15/h11H,3-8H2,1-2H3,(H,12,13). The number of nitrogens with one attached hydrogen (secondary N) is 2. The molecule has 1 heterocycles. The van der Waals surface area contributed by atoms with Crippen LogP contribution in [0.5, 0.6) is 0 Å². The minimum atomic E-state index is -2.94. The lowest BCUT2D eigenvalue weighted by Gasteiger charge is -2.38. The average Bonchev–Trinajstić information content (AvgIpc) is 2.17. The van der Waals surface area contributed by atoms with Gasteiger partial charge >= 0.3 is 0 Å². The van der Waals surface area contributed by atoms with Crippen molar-refractivity contribution in [2.24, 2.45) is 0 Å². The van der Waals surface area contributed by atoms with Crippen molar-refractivity contribution >= 4 is 15.7 Å². The van der Waals surface area contributed by atoms with E-state index in [1.165, 1.54) is 6.26 Å². The first-order valence-corrected chi connectivity index (χ1v) is 7.66. The highest BCUT2D eigenvalue weighted by atomic mass is 32.2. The monoisotopic (exact) mass is 264 g/mol. The van der Waals surface area contributed by atoms with Crippen LogP contribution in [0.15, 0.2) is 0 Å². The molecule has 0 atom stereocenters. The predicted octanol–water partition coefficient (Wildman–Crippen LogP) is -1.08. The first-order chi connectivity index (χ1) is 7.81. The fourth-order valence-electron chi connectivity index (χ4n) is 1.43. The number of carbonyl (C=O) groups is 1. The molecule has 7 heteroatoms. The molecular weight excluding hydrogens is 244 g/mol. The Kier molecular flexibility index (Phi) is 4.91. The van der Waals surface area contributed by atoms with Crippen molar-refractivity contribution < 1.29 is 17.9 Å². The number of rotatable bonds is 7.